The predicted molar refractivity (Wildman–Crippen MR) is 40.2 cm³/mol. The molecule has 0 aliphatic carbocycles. The summed E-state index contributed by atoms with van der Waals surface area (Å²) in [6.45, 7) is 0. The topological polar surface area (TPSA) is 46.2 Å². The van der Waals surface area contributed by atoms with Gasteiger partial charge in [-0.15, -0.1) is 0 Å². The predicted octanol–water partition coefficient (Wildman–Crippen LogP) is -0.103. The van der Waals surface area contributed by atoms with E-state index >= 15 is 0 Å². The highest BCUT2D eigenvalue weighted by Crippen LogP contribution is 2.18. The SMILES string of the molecule is [B]C(=O)N[C@H]1CCSC1=O. The molecule has 1 saturated heterocycles. The van der Waals surface area contributed by atoms with E-state index in [2.05, 4.69) is 5.32 Å². The lowest BCUT2D eigenvalue weighted by Crippen LogP contribution is -2.36. The van der Waals surface area contributed by atoms with Crippen molar-refractivity contribution in [1.29, 1.82) is 0 Å². The molecular weight excluding hydrogens is 149 g/mol. The van der Waals surface area contributed by atoms with Crippen LogP contribution in [0.1, 0.15) is 6.42 Å². The average Bonchev–Trinajstić information content (AvgIpc) is 2.15. The van der Waals surface area contributed by atoms with Crippen molar-refractivity contribution in [1.82, 2.24) is 5.32 Å². The van der Waals surface area contributed by atoms with Crippen molar-refractivity contribution in [2.75, 3.05) is 5.75 Å². The minimum absolute atomic E-state index is 0.0128. The van der Waals surface area contributed by atoms with Crippen LogP contribution < -0.4 is 5.32 Å². The average molecular weight is 155 g/mol. The maximum absolute atomic E-state index is 10.8. The Labute approximate surface area is 64.3 Å². The van der Waals surface area contributed by atoms with E-state index < -0.39 is 5.81 Å². The van der Waals surface area contributed by atoms with Gasteiger partial charge >= 0.3 is 0 Å². The van der Waals surface area contributed by atoms with Gasteiger partial charge in [0, 0.05) is 5.75 Å². The first-order valence-electron chi connectivity index (χ1n) is 2.93. The number of nitrogens with one attached hydrogen (secondary N) is 1. The Bertz CT molecular complexity index is 173. The van der Waals surface area contributed by atoms with Crippen LogP contribution in [0.3, 0.4) is 0 Å². The zero-order valence-corrected chi connectivity index (χ0v) is 6.11. The molecule has 0 bridgehead atoms. The van der Waals surface area contributed by atoms with E-state index in [9.17, 15) is 9.59 Å². The highest BCUT2D eigenvalue weighted by Gasteiger charge is 2.25. The van der Waals surface area contributed by atoms with Crippen molar-refractivity contribution < 1.29 is 9.59 Å². The fourth-order valence-corrected chi connectivity index (χ4v) is 1.73. The first-order chi connectivity index (χ1) is 4.70. The Kier molecular flexibility index (Phi) is 2.37. The fourth-order valence-electron chi connectivity index (χ4n) is 0.799. The molecule has 52 valence electrons. The number of rotatable bonds is 1. The molecule has 1 atom stereocenters. The van der Waals surface area contributed by atoms with E-state index in [1.54, 1.807) is 0 Å². The van der Waals surface area contributed by atoms with Gasteiger partial charge in [-0.25, -0.2) is 0 Å². The van der Waals surface area contributed by atoms with Crippen LogP contribution in [0.4, 0.5) is 4.79 Å². The van der Waals surface area contributed by atoms with Gasteiger partial charge in [-0.3, -0.25) is 9.59 Å². The highest BCUT2D eigenvalue weighted by atomic mass is 32.2. The zero-order chi connectivity index (χ0) is 7.56. The summed E-state index contributed by atoms with van der Waals surface area (Å²) in [5.41, 5.74) is 0. The summed E-state index contributed by atoms with van der Waals surface area (Å²) < 4.78 is 0. The van der Waals surface area contributed by atoms with Crippen LogP contribution >= 0.6 is 11.8 Å². The van der Waals surface area contributed by atoms with Crippen molar-refractivity contribution in [3.8, 4) is 0 Å². The molecular formula is C5H6BNO2S. The molecule has 5 heteroatoms. The normalized spacial score (nSPS) is 24.8. The third-order valence-electron chi connectivity index (χ3n) is 1.25. The van der Waals surface area contributed by atoms with Crippen molar-refractivity contribution >= 4 is 30.5 Å². The largest absolute Gasteiger partial charge is 0.355 e. The number of carbonyl (C=O) groups is 2. The van der Waals surface area contributed by atoms with Crippen LogP contribution in [0.2, 0.25) is 0 Å². The van der Waals surface area contributed by atoms with E-state index in [-0.39, 0.29) is 11.2 Å². The zero-order valence-electron chi connectivity index (χ0n) is 5.29. The van der Waals surface area contributed by atoms with E-state index in [0.29, 0.717) is 6.42 Å². The second kappa shape index (κ2) is 3.10. The lowest BCUT2D eigenvalue weighted by atomic mass is 10.1. The molecule has 1 heterocycles. The number of hydrogen-bond acceptors (Lipinski definition) is 3. The quantitative estimate of drug-likeness (QED) is 0.537. The van der Waals surface area contributed by atoms with Gasteiger partial charge in [-0.1, -0.05) is 11.8 Å². The summed E-state index contributed by atoms with van der Waals surface area (Å²) in [5.74, 6) is 0.157. The minimum atomic E-state index is -0.624. The monoisotopic (exact) mass is 155 g/mol. The van der Waals surface area contributed by atoms with Crippen molar-refractivity contribution in [3.63, 3.8) is 0 Å². The molecule has 1 aliphatic rings. The summed E-state index contributed by atoms with van der Waals surface area (Å²) in [5, 5.41) is 2.37. The Morgan fingerprint density at radius 2 is 2.50 bits per heavy atom. The summed E-state index contributed by atoms with van der Waals surface area (Å²) in [6.07, 6.45) is 0.701. The van der Waals surface area contributed by atoms with E-state index in [4.69, 9.17) is 7.85 Å². The minimum Gasteiger partial charge on any atom is -0.355 e. The standard InChI is InChI=1S/C5H6BNO2S/c6-5(9)7-3-1-2-10-4(3)8/h3H,1-2H2,(H,7,9)/t3-/m0/s1. The molecule has 1 aliphatic heterocycles. The second-order valence-electron chi connectivity index (χ2n) is 2.02. The van der Waals surface area contributed by atoms with Crippen LogP contribution in [-0.2, 0) is 4.79 Å². The number of amides is 1. The smallest absolute Gasteiger partial charge is 0.211 e. The molecule has 0 aromatic carbocycles. The van der Waals surface area contributed by atoms with Crippen molar-refractivity contribution in [3.05, 3.63) is 0 Å². The molecule has 3 nitrogen and oxygen atoms in total. The molecule has 1 amide bonds. The second-order valence-corrected chi connectivity index (χ2v) is 3.12. The van der Waals surface area contributed by atoms with Crippen molar-refractivity contribution in [2.24, 2.45) is 0 Å². The molecule has 10 heavy (non-hydrogen) atoms. The lowest BCUT2D eigenvalue weighted by Gasteiger charge is -2.06. The van der Waals surface area contributed by atoms with E-state index in [1.807, 2.05) is 0 Å². The first-order valence-corrected chi connectivity index (χ1v) is 3.91. The third-order valence-corrected chi connectivity index (χ3v) is 2.26. The van der Waals surface area contributed by atoms with Gasteiger partial charge in [0.1, 0.15) is 0 Å². The molecule has 0 aromatic rings. The van der Waals surface area contributed by atoms with Crippen LogP contribution in [0.5, 0.6) is 0 Å². The summed E-state index contributed by atoms with van der Waals surface area (Å²) in [4.78, 5) is 21.1. The maximum atomic E-state index is 10.8. The molecule has 0 unspecified atom stereocenters. The Morgan fingerprint density at radius 3 is 2.90 bits per heavy atom. The van der Waals surface area contributed by atoms with Gasteiger partial charge in [-0.05, 0) is 6.42 Å². The van der Waals surface area contributed by atoms with Gasteiger partial charge in [0.05, 0.1) is 6.04 Å². The van der Waals surface area contributed by atoms with Gasteiger partial charge in [0.25, 0.3) is 0 Å². The Morgan fingerprint density at radius 1 is 1.80 bits per heavy atom. The molecule has 1 N–H and O–H groups in total. The summed E-state index contributed by atoms with van der Waals surface area (Å²) in [6, 6.07) is -0.345. The Hall–Kier alpha value is -0.445. The van der Waals surface area contributed by atoms with Crippen LogP contribution in [-0.4, -0.2) is 30.6 Å². The molecule has 1 fully saturated rings. The molecule has 1 rings (SSSR count). The van der Waals surface area contributed by atoms with Gasteiger partial charge in [-0.2, -0.15) is 0 Å². The fraction of sp³-hybridized carbons (Fsp3) is 0.600. The summed E-state index contributed by atoms with van der Waals surface area (Å²) >= 11 is 1.24. The number of carbonyl (C=O) groups excluding carboxylic acids is 2. The van der Waals surface area contributed by atoms with Crippen LogP contribution in [0.15, 0.2) is 0 Å². The van der Waals surface area contributed by atoms with E-state index in [0.717, 1.165) is 5.75 Å². The molecule has 2 radical (unpaired) electrons. The maximum Gasteiger partial charge on any atom is 0.211 e. The summed E-state index contributed by atoms with van der Waals surface area (Å²) in [7, 11) is 4.82. The van der Waals surface area contributed by atoms with Gasteiger partial charge < -0.3 is 5.32 Å². The number of thioether (sulfide) groups is 1. The molecule has 0 aromatic heterocycles. The Balaban J connectivity index is 2.40. The van der Waals surface area contributed by atoms with Gasteiger partial charge in [0.15, 0.2) is 5.81 Å². The molecule has 0 saturated carbocycles. The molecule has 0 spiro atoms. The third kappa shape index (κ3) is 1.77. The van der Waals surface area contributed by atoms with Gasteiger partial charge in [0.2, 0.25) is 13.0 Å². The van der Waals surface area contributed by atoms with Crippen LogP contribution in [0, 0.1) is 0 Å². The van der Waals surface area contributed by atoms with Crippen molar-refractivity contribution in [2.45, 2.75) is 12.5 Å². The first kappa shape index (κ1) is 7.66. The highest BCUT2D eigenvalue weighted by molar-refractivity contribution is 8.14. The number of hydrogen-bond donors (Lipinski definition) is 1. The van der Waals surface area contributed by atoms with Crippen LogP contribution in [0.25, 0.3) is 0 Å². The lowest BCUT2D eigenvalue weighted by molar-refractivity contribution is -0.112. The van der Waals surface area contributed by atoms with E-state index in [1.165, 1.54) is 11.8 Å².